The molecule has 0 aliphatic carbocycles. The van der Waals surface area contributed by atoms with Crippen molar-refractivity contribution in [2.45, 2.75) is 17.6 Å². The highest BCUT2D eigenvalue weighted by molar-refractivity contribution is 9.10. The van der Waals surface area contributed by atoms with Crippen LogP contribution >= 0.6 is 39.3 Å². The van der Waals surface area contributed by atoms with Crippen molar-refractivity contribution < 1.29 is 9.90 Å². The molecular weight excluding hydrogens is 360 g/mol. The largest absolute Gasteiger partial charge is 0.507 e. The van der Waals surface area contributed by atoms with E-state index in [-0.39, 0.29) is 17.1 Å². The van der Waals surface area contributed by atoms with E-state index < -0.39 is 0 Å². The number of carbonyl (C=O) groups is 1. The maximum atomic E-state index is 11.5. The third-order valence-corrected chi connectivity index (χ3v) is 4.48. The van der Waals surface area contributed by atoms with Crippen LogP contribution in [0.5, 0.6) is 5.75 Å². The molecule has 2 rings (SSSR count). The van der Waals surface area contributed by atoms with Gasteiger partial charge in [0.25, 0.3) is 0 Å². The zero-order valence-corrected chi connectivity index (χ0v) is 13.8. The number of phenolic OH excluding ortho intramolecular Hbond substituents is 1. The summed E-state index contributed by atoms with van der Waals surface area (Å²) < 4.78 is 1.00. The second-order valence-electron chi connectivity index (χ2n) is 4.26. The van der Waals surface area contributed by atoms with Crippen LogP contribution in [-0.2, 0) is 5.75 Å². The van der Waals surface area contributed by atoms with Crippen LogP contribution < -0.4 is 0 Å². The van der Waals surface area contributed by atoms with Gasteiger partial charge in [0.1, 0.15) is 5.75 Å². The number of thioether (sulfide) groups is 1. The number of hydrogen-bond donors (Lipinski definition) is 1. The molecule has 5 heteroatoms. The van der Waals surface area contributed by atoms with Crippen LogP contribution in [0.15, 0.2) is 45.8 Å². The highest BCUT2D eigenvalue weighted by atomic mass is 79.9. The Morgan fingerprint density at radius 1 is 1.35 bits per heavy atom. The number of halogens is 2. The van der Waals surface area contributed by atoms with Crippen molar-refractivity contribution in [3.8, 4) is 5.75 Å². The average molecular weight is 372 g/mol. The molecule has 0 aromatic heterocycles. The van der Waals surface area contributed by atoms with Gasteiger partial charge in [-0.05, 0) is 37.3 Å². The van der Waals surface area contributed by atoms with Crippen molar-refractivity contribution in [2.24, 2.45) is 0 Å². The molecule has 0 heterocycles. The lowest BCUT2D eigenvalue weighted by Crippen LogP contribution is -1.96. The quantitative estimate of drug-likeness (QED) is 0.585. The van der Waals surface area contributed by atoms with Gasteiger partial charge in [0, 0.05) is 25.7 Å². The van der Waals surface area contributed by atoms with E-state index in [9.17, 15) is 9.90 Å². The highest BCUT2D eigenvalue weighted by Crippen LogP contribution is 2.33. The first-order valence-corrected chi connectivity index (χ1v) is 8.03. The minimum absolute atomic E-state index is 0.0180. The van der Waals surface area contributed by atoms with E-state index in [4.69, 9.17) is 11.6 Å². The molecule has 0 unspecified atom stereocenters. The molecular formula is C15H12BrClO2S. The number of hydrogen-bond acceptors (Lipinski definition) is 3. The lowest BCUT2D eigenvalue weighted by atomic mass is 10.1. The minimum atomic E-state index is -0.196. The summed E-state index contributed by atoms with van der Waals surface area (Å²) in [5.74, 6) is 0.367. The van der Waals surface area contributed by atoms with Gasteiger partial charge >= 0.3 is 0 Å². The number of phenols is 1. The Balaban J connectivity index is 2.23. The third kappa shape index (κ3) is 3.78. The predicted molar refractivity (Wildman–Crippen MR) is 86.8 cm³/mol. The maximum Gasteiger partial charge on any atom is 0.163 e. The van der Waals surface area contributed by atoms with Gasteiger partial charge < -0.3 is 5.11 Å². The molecule has 0 aliphatic heterocycles. The Hall–Kier alpha value is -0.970. The molecule has 0 aliphatic rings. The van der Waals surface area contributed by atoms with Crippen LogP contribution in [0.3, 0.4) is 0 Å². The normalized spacial score (nSPS) is 10.6. The Kier molecular flexibility index (Phi) is 5.13. The molecule has 104 valence electrons. The molecule has 0 fully saturated rings. The second-order valence-corrected chi connectivity index (χ2v) is 6.66. The van der Waals surface area contributed by atoms with Crippen molar-refractivity contribution in [1.29, 1.82) is 0 Å². The van der Waals surface area contributed by atoms with E-state index in [1.54, 1.807) is 17.8 Å². The van der Waals surface area contributed by atoms with Crippen LogP contribution in [0.25, 0.3) is 0 Å². The van der Waals surface area contributed by atoms with E-state index in [1.165, 1.54) is 13.0 Å². The van der Waals surface area contributed by atoms with Crippen molar-refractivity contribution in [3.05, 3.63) is 57.0 Å². The Bertz CT molecular complexity index is 658. The standard InChI is InChI=1S/C15H12BrClO2S/c1-9(18)14-7-12(17)5-10(15(14)19)8-20-13-4-2-3-11(16)6-13/h2-7,19H,8H2,1H3. The van der Waals surface area contributed by atoms with E-state index in [0.29, 0.717) is 16.3 Å². The lowest BCUT2D eigenvalue weighted by molar-refractivity contribution is 0.101. The molecule has 0 saturated heterocycles. The van der Waals surface area contributed by atoms with Crippen LogP contribution in [0, 0.1) is 0 Å². The van der Waals surface area contributed by atoms with Gasteiger partial charge in [0.2, 0.25) is 0 Å². The monoisotopic (exact) mass is 370 g/mol. The summed E-state index contributed by atoms with van der Waals surface area (Å²) in [7, 11) is 0. The van der Waals surface area contributed by atoms with Gasteiger partial charge in [-0.25, -0.2) is 0 Å². The first-order chi connectivity index (χ1) is 9.47. The SMILES string of the molecule is CC(=O)c1cc(Cl)cc(CSc2cccc(Br)c2)c1O. The van der Waals surface area contributed by atoms with Gasteiger partial charge in [-0.2, -0.15) is 0 Å². The highest BCUT2D eigenvalue weighted by Gasteiger charge is 2.13. The summed E-state index contributed by atoms with van der Waals surface area (Å²) in [4.78, 5) is 12.5. The molecule has 0 bridgehead atoms. The van der Waals surface area contributed by atoms with E-state index >= 15 is 0 Å². The molecule has 0 saturated carbocycles. The summed E-state index contributed by atoms with van der Waals surface area (Å²) in [5.41, 5.74) is 0.926. The number of carbonyl (C=O) groups excluding carboxylic acids is 1. The molecule has 2 aromatic rings. The lowest BCUT2D eigenvalue weighted by Gasteiger charge is -2.09. The fourth-order valence-corrected chi connectivity index (χ4v) is 3.47. The van der Waals surface area contributed by atoms with E-state index in [1.807, 2.05) is 24.3 Å². The van der Waals surface area contributed by atoms with Crippen LogP contribution in [0.2, 0.25) is 5.02 Å². The number of aromatic hydroxyl groups is 1. The van der Waals surface area contributed by atoms with Crippen molar-refractivity contribution >= 4 is 45.1 Å². The first-order valence-electron chi connectivity index (χ1n) is 5.88. The van der Waals surface area contributed by atoms with Crippen LogP contribution in [0.1, 0.15) is 22.8 Å². The minimum Gasteiger partial charge on any atom is -0.507 e. The number of Topliss-reactive ketones (excluding diaryl/α,β-unsaturated/α-hetero) is 1. The van der Waals surface area contributed by atoms with Crippen LogP contribution in [-0.4, -0.2) is 10.9 Å². The van der Waals surface area contributed by atoms with Gasteiger partial charge in [-0.15, -0.1) is 11.8 Å². The van der Waals surface area contributed by atoms with Crippen molar-refractivity contribution in [3.63, 3.8) is 0 Å². The molecule has 0 amide bonds. The van der Waals surface area contributed by atoms with Crippen molar-refractivity contribution in [2.75, 3.05) is 0 Å². The van der Waals surface area contributed by atoms with Crippen molar-refractivity contribution in [1.82, 2.24) is 0 Å². The Morgan fingerprint density at radius 3 is 2.75 bits per heavy atom. The van der Waals surface area contributed by atoms with Crippen LogP contribution in [0.4, 0.5) is 0 Å². The fourth-order valence-electron chi connectivity index (χ4n) is 1.75. The fraction of sp³-hybridized carbons (Fsp3) is 0.133. The predicted octanol–water partition coefficient (Wildman–Crippen LogP) is 5.30. The molecule has 20 heavy (non-hydrogen) atoms. The summed E-state index contributed by atoms with van der Waals surface area (Å²) in [6.45, 7) is 1.41. The van der Waals surface area contributed by atoms with E-state index in [0.717, 1.165) is 9.37 Å². The molecule has 0 atom stereocenters. The smallest absolute Gasteiger partial charge is 0.163 e. The summed E-state index contributed by atoms with van der Waals surface area (Å²) >= 11 is 11.0. The Morgan fingerprint density at radius 2 is 2.10 bits per heavy atom. The zero-order valence-electron chi connectivity index (χ0n) is 10.7. The molecule has 1 N–H and O–H groups in total. The maximum absolute atomic E-state index is 11.5. The number of ketones is 1. The summed E-state index contributed by atoms with van der Waals surface area (Å²) in [6.07, 6.45) is 0. The number of rotatable bonds is 4. The second kappa shape index (κ2) is 6.66. The van der Waals surface area contributed by atoms with Gasteiger partial charge in [-0.3, -0.25) is 4.79 Å². The van der Waals surface area contributed by atoms with Gasteiger partial charge in [0.15, 0.2) is 5.78 Å². The topological polar surface area (TPSA) is 37.3 Å². The number of benzene rings is 2. The molecule has 0 radical (unpaired) electrons. The third-order valence-electron chi connectivity index (χ3n) is 2.72. The summed E-state index contributed by atoms with van der Waals surface area (Å²) in [6, 6.07) is 11.1. The molecule has 0 spiro atoms. The average Bonchev–Trinajstić information content (AvgIpc) is 2.39. The first kappa shape index (κ1) is 15.4. The molecule has 2 aromatic carbocycles. The van der Waals surface area contributed by atoms with E-state index in [2.05, 4.69) is 15.9 Å². The Labute approximate surface area is 135 Å². The molecule has 2 nitrogen and oxygen atoms in total. The van der Waals surface area contributed by atoms with Gasteiger partial charge in [0.05, 0.1) is 5.56 Å². The summed E-state index contributed by atoms with van der Waals surface area (Å²) in [5, 5.41) is 10.6. The van der Waals surface area contributed by atoms with Gasteiger partial charge in [-0.1, -0.05) is 33.6 Å². The zero-order chi connectivity index (χ0) is 14.7.